The van der Waals surface area contributed by atoms with Crippen molar-refractivity contribution in [3.63, 3.8) is 0 Å². The van der Waals surface area contributed by atoms with Crippen LogP contribution in [0.3, 0.4) is 0 Å². The topological polar surface area (TPSA) is 117 Å². The summed E-state index contributed by atoms with van der Waals surface area (Å²) in [6.45, 7) is 4.76. The third kappa shape index (κ3) is 52.4. The molecule has 0 heterocycles. The molecule has 9 heteroatoms. The highest BCUT2D eigenvalue weighted by Gasteiger charge is 2.25. The molecule has 0 fully saturated rings. The summed E-state index contributed by atoms with van der Waals surface area (Å²) in [7, 11) is -4.30. The van der Waals surface area contributed by atoms with E-state index in [1.165, 1.54) is 103 Å². The normalized spacial score (nSPS) is 14.1. The quantitative estimate of drug-likeness (QED) is 0.0268. The monoisotopic (exact) mass is 942 g/mol. The van der Waals surface area contributed by atoms with Gasteiger partial charge in [0.25, 0.3) is 0 Å². The first-order valence-electron chi connectivity index (χ1n) is 26.7. The summed E-state index contributed by atoms with van der Waals surface area (Å²) < 4.78 is 33.6. The van der Waals surface area contributed by atoms with E-state index in [2.05, 4.69) is 111 Å². The van der Waals surface area contributed by atoms with Crippen LogP contribution in [0.4, 0.5) is 0 Å². The van der Waals surface area contributed by atoms with Crippen LogP contribution >= 0.6 is 7.82 Å². The predicted molar refractivity (Wildman–Crippen MR) is 284 cm³/mol. The fraction of sp³-hybridized carbons (Fsp3) is 0.702. The zero-order valence-electron chi connectivity index (χ0n) is 42.4. The van der Waals surface area contributed by atoms with Crippen LogP contribution in [0, 0.1) is 0 Å². The van der Waals surface area contributed by atoms with Gasteiger partial charge in [-0.3, -0.25) is 13.8 Å². The lowest BCUT2D eigenvalue weighted by Crippen LogP contribution is -2.28. The van der Waals surface area contributed by atoms with Crippen molar-refractivity contribution >= 4 is 13.8 Å². The smallest absolute Gasteiger partial charge is 0.457 e. The Balaban J connectivity index is 3.99. The number of carbonyl (C=O) groups excluding carboxylic acids is 1. The van der Waals surface area contributed by atoms with Gasteiger partial charge in [0.2, 0.25) is 0 Å². The van der Waals surface area contributed by atoms with E-state index in [0.717, 1.165) is 96.3 Å². The minimum absolute atomic E-state index is 0.0913. The van der Waals surface area contributed by atoms with Gasteiger partial charge in [-0.05, 0) is 96.3 Å². The Morgan fingerprint density at radius 3 is 1.27 bits per heavy atom. The second-order valence-electron chi connectivity index (χ2n) is 17.4. The molecule has 3 N–H and O–H groups in total. The maximum absolute atomic E-state index is 12.7. The summed E-state index contributed by atoms with van der Waals surface area (Å²) in [6.07, 6.45) is 71.6. The first kappa shape index (κ1) is 63.4. The van der Waals surface area contributed by atoms with Gasteiger partial charge in [0.05, 0.1) is 19.8 Å². The van der Waals surface area contributed by atoms with E-state index in [1.807, 2.05) is 0 Å². The zero-order chi connectivity index (χ0) is 48.0. The molecule has 0 aromatic heterocycles. The molecule has 0 rings (SSSR count). The Hall–Kier alpha value is -2.58. The molecule has 66 heavy (non-hydrogen) atoms. The van der Waals surface area contributed by atoms with E-state index in [0.29, 0.717) is 13.0 Å². The van der Waals surface area contributed by atoms with Crippen molar-refractivity contribution in [2.24, 2.45) is 5.73 Å². The average Bonchev–Trinajstić information content (AvgIpc) is 3.31. The lowest BCUT2D eigenvalue weighted by molar-refractivity contribution is -0.154. The molecule has 0 aliphatic heterocycles. The number of hydrogen-bond donors (Lipinski definition) is 2. The number of phosphoric acid groups is 1. The fourth-order valence-corrected chi connectivity index (χ4v) is 7.85. The molecular formula is C57H100NO7P. The van der Waals surface area contributed by atoms with Gasteiger partial charge in [0, 0.05) is 19.6 Å². The third-order valence-electron chi connectivity index (χ3n) is 11.0. The van der Waals surface area contributed by atoms with Crippen molar-refractivity contribution in [2.45, 2.75) is 225 Å². The summed E-state index contributed by atoms with van der Waals surface area (Å²) in [5, 5.41) is 0. The summed E-state index contributed by atoms with van der Waals surface area (Å²) in [5.41, 5.74) is 5.39. The molecule has 8 nitrogen and oxygen atoms in total. The number of carbonyl (C=O) groups is 1. The fourth-order valence-electron chi connectivity index (χ4n) is 7.09. The Morgan fingerprint density at radius 1 is 0.470 bits per heavy atom. The van der Waals surface area contributed by atoms with E-state index in [-0.39, 0.29) is 32.3 Å². The van der Waals surface area contributed by atoms with Crippen molar-refractivity contribution in [2.75, 3.05) is 33.0 Å². The second kappa shape index (κ2) is 53.4. The number of ether oxygens (including phenoxy) is 2. The van der Waals surface area contributed by atoms with Gasteiger partial charge in [0.1, 0.15) is 6.10 Å². The molecule has 2 atom stereocenters. The van der Waals surface area contributed by atoms with E-state index >= 15 is 0 Å². The van der Waals surface area contributed by atoms with Crippen molar-refractivity contribution in [1.82, 2.24) is 0 Å². The molecule has 0 radical (unpaired) electrons. The van der Waals surface area contributed by atoms with Crippen LogP contribution < -0.4 is 5.73 Å². The first-order chi connectivity index (χ1) is 32.4. The number of rotatable bonds is 50. The Labute approximate surface area is 406 Å². The van der Waals surface area contributed by atoms with E-state index in [1.54, 1.807) is 0 Å². The highest BCUT2D eigenvalue weighted by atomic mass is 31.2. The number of phosphoric ester groups is 1. The molecule has 0 bridgehead atoms. The second-order valence-corrected chi connectivity index (χ2v) is 18.8. The van der Waals surface area contributed by atoms with Gasteiger partial charge in [-0.1, -0.05) is 214 Å². The SMILES string of the molecule is CC/C=C\C/C=C\C/C=C\C/C=C\C/C=C\CCCCCCCC(=O)OC(COCCCCCCCCCCCCC/C=C\C/C=C\C/C=C\CCCCCCC)COP(=O)(O)OCCN. The van der Waals surface area contributed by atoms with Crippen LogP contribution in [0.5, 0.6) is 0 Å². The summed E-state index contributed by atoms with van der Waals surface area (Å²) in [6, 6.07) is 0. The van der Waals surface area contributed by atoms with Gasteiger partial charge in [-0.15, -0.1) is 0 Å². The van der Waals surface area contributed by atoms with Gasteiger partial charge in [-0.2, -0.15) is 0 Å². The van der Waals surface area contributed by atoms with Crippen molar-refractivity contribution < 1.29 is 32.8 Å². The largest absolute Gasteiger partial charge is 0.472 e. The Morgan fingerprint density at radius 2 is 0.848 bits per heavy atom. The summed E-state index contributed by atoms with van der Waals surface area (Å²) in [4.78, 5) is 22.6. The van der Waals surface area contributed by atoms with Crippen molar-refractivity contribution in [3.05, 3.63) is 97.2 Å². The van der Waals surface area contributed by atoms with Crippen molar-refractivity contribution in [3.8, 4) is 0 Å². The Bertz CT molecular complexity index is 1330. The number of esters is 1. The van der Waals surface area contributed by atoms with Crippen LogP contribution in [0.2, 0.25) is 0 Å². The molecule has 0 aromatic carbocycles. The van der Waals surface area contributed by atoms with Gasteiger partial charge in [0.15, 0.2) is 0 Å². The van der Waals surface area contributed by atoms with E-state index in [4.69, 9.17) is 24.3 Å². The summed E-state index contributed by atoms with van der Waals surface area (Å²) in [5.74, 6) is -0.352. The molecule has 0 aromatic rings. The van der Waals surface area contributed by atoms with Gasteiger partial charge >= 0.3 is 13.8 Å². The van der Waals surface area contributed by atoms with Crippen LogP contribution in [-0.2, 0) is 27.9 Å². The summed E-state index contributed by atoms with van der Waals surface area (Å²) >= 11 is 0. The highest BCUT2D eigenvalue weighted by Crippen LogP contribution is 2.43. The van der Waals surface area contributed by atoms with Crippen molar-refractivity contribution in [1.29, 1.82) is 0 Å². The number of unbranched alkanes of at least 4 members (excludes halogenated alkanes) is 21. The predicted octanol–water partition coefficient (Wildman–Crippen LogP) is 17.0. The lowest BCUT2D eigenvalue weighted by atomic mass is 10.1. The Kier molecular flexibility index (Phi) is 51.3. The minimum atomic E-state index is -4.30. The number of hydrogen-bond acceptors (Lipinski definition) is 7. The highest BCUT2D eigenvalue weighted by molar-refractivity contribution is 7.47. The standard InChI is InChI=1S/C57H100NO7P/c1-3-5-7-9-11-13-15-17-19-21-23-25-26-27-28-29-31-33-35-37-39-41-43-45-47-49-52-62-54-56(55-64-66(60,61)63-53-51-58)65-57(59)50-48-46-44-42-40-38-36-34-32-30-24-22-20-18-16-14-12-10-8-6-4-2/h6,8,12,14-15,17-18,20-21,23-24,26-27,30,34,36,56H,3-5,7,9-11,13,16,19,22,25,28-29,31-33,35,37-55,58H2,1-2H3,(H,60,61)/b8-6-,14-12-,17-15-,20-18-,23-21-,27-26-,30-24-,36-34-. The van der Waals surface area contributed by atoms with Crippen LogP contribution in [0.1, 0.15) is 219 Å². The maximum atomic E-state index is 12.7. The van der Waals surface area contributed by atoms with Crippen LogP contribution in [0.15, 0.2) is 97.2 Å². The first-order valence-corrected chi connectivity index (χ1v) is 28.2. The molecule has 0 aliphatic carbocycles. The average molecular weight is 942 g/mol. The molecule has 380 valence electrons. The van der Waals surface area contributed by atoms with Crippen LogP contribution in [-0.4, -0.2) is 49.9 Å². The molecule has 2 unspecified atom stereocenters. The molecule has 0 saturated carbocycles. The molecule has 0 saturated heterocycles. The molecule has 0 spiro atoms. The lowest BCUT2D eigenvalue weighted by Gasteiger charge is -2.20. The van der Waals surface area contributed by atoms with Gasteiger partial charge < -0.3 is 20.1 Å². The maximum Gasteiger partial charge on any atom is 0.472 e. The minimum Gasteiger partial charge on any atom is -0.457 e. The van der Waals surface area contributed by atoms with Gasteiger partial charge in [-0.25, -0.2) is 4.57 Å². The number of nitrogens with two attached hydrogens (primary N) is 1. The molecule has 0 aliphatic rings. The molecular weight excluding hydrogens is 842 g/mol. The van der Waals surface area contributed by atoms with Crippen LogP contribution in [0.25, 0.3) is 0 Å². The molecule has 0 amide bonds. The number of allylic oxidation sites excluding steroid dienone is 16. The van der Waals surface area contributed by atoms with E-state index in [9.17, 15) is 14.3 Å². The van der Waals surface area contributed by atoms with E-state index < -0.39 is 13.9 Å². The zero-order valence-corrected chi connectivity index (χ0v) is 43.3. The third-order valence-corrected chi connectivity index (χ3v) is 12.0.